The second-order valence-corrected chi connectivity index (χ2v) is 6.51. The van der Waals surface area contributed by atoms with Crippen molar-refractivity contribution in [1.29, 1.82) is 0 Å². The molecule has 2 heterocycles. The molecule has 2 bridgehead atoms. The Morgan fingerprint density at radius 1 is 1.10 bits per heavy atom. The van der Waals surface area contributed by atoms with Crippen LogP contribution >= 0.6 is 0 Å². The van der Waals surface area contributed by atoms with Gasteiger partial charge in [-0.15, -0.1) is 0 Å². The van der Waals surface area contributed by atoms with Gasteiger partial charge in [0.05, 0.1) is 18.9 Å². The summed E-state index contributed by atoms with van der Waals surface area (Å²) in [6, 6.07) is -0.968. The van der Waals surface area contributed by atoms with Gasteiger partial charge in [0.2, 0.25) is 0 Å². The SMILES string of the molecule is COC(=O)[C@@H]1[C@H](C(=O)O)[C@H]2CC[C@H]1N2C(=O)OC(C)(C)C. The highest BCUT2D eigenvalue weighted by atomic mass is 16.6. The Kier molecular flexibility index (Phi) is 3.86. The Labute approximate surface area is 123 Å². The van der Waals surface area contributed by atoms with Gasteiger partial charge in [0, 0.05) is 12.1 Å². The molecule has 1 N–H and O–H groups in total. The lowest BCUT2D eigenvalue weighted by molar-refractivity contribution is -0.156. The van der Waals surface area contributed by atoms with E-state index in [1.807, 2.05) is 0 Å². The van der Waals surface area contributed by atoms with Crippen molar-refractivity contribution in [3.05, 3.63) is 0 Å². The van der Waals surface area contributed by atoms with Crippen molar-refractivity contribution in [2.75, 3.05) is 7.11 Å². The molecule has 0 saturated carbocycles. The third-order valence-corrected chi connectivity index (χ3v) is 4.05. The van der Waals surface area contributed by atoms with E-state index < -0.39 is 47.6 Å². The van der Waals surface area contributed by atoms with Gasteiger partial charge in [0.1, 0.15) is 5.60 Å². The van der Waals surface area contributed by atoms with E-state index in [-0.39, 0.29) is 0 Å². The van der Waals surface area contributed by atoms with E-state index >= 15 is 0 Å². The third kappa shape index (κ3) is 2.69. The molecular formula is C14H21NO6. The van der Waals surface area contributed by atoms with Crippen LogP contribution < -0.4 is 0 Å². The lowest BCUT2D eigenvalue weighted by atomic mass is 9.79. The average molecular weight is 299 g/mol. The Balaban J connectivity index is 2.28. The molecule has 2 aliphatic heterocycles. The first-order chi connectivity index (χ1) is 9.67. The number of ether oxygens (including phenoxy) is 2. The monoisotopic (exact) mass is 299 g/mol. The minimum Gasteiger partial charge on any atom is -0.481 e. The molecule has 7 nitrogen and oxygen atoms in total. The van der Waals surface area contributed by atoms with E-state index in [1.165, 1.54) is 12.0 Å². The number of aliphatic carboxylic acids is 1. The van der Waals surface area contributed by atoms with Crippen LogP contribution in [0.4, 0.5) is 4.79 Å². The number of hydrogen-bond acceptors (Lipinski definition) is 5. The molecule has 0 radical (unpaired) electrons. The lowest BCUT2D eigenvalue weighted by Gasteiger charge is -2.27. The maximum atomic E-state index is 12.3. The zero-order valence-electron chi connectivity index (χ0n) is 12.7. The predicted molar refractivity (Wildman–Crippen MR) is 71.5 cm³/mol. The van der Waals surface area contributed by atoms with Crippen LogP contribution in [0.25, 0.3) is 0 Å². The zero-order chi connectivity index (χ0) is 15.9. The van der Waals surface area contributed by atoms with Crippen LogP contribution in [-0.2, 0) is 19.1 Å². The average Bonchev–Trinajstić information content (AvgIpc) is 2.90. The van der Waals surface area contributed by atoms with E-state index in [2.05, 4.69) is 0 Å². The molecule has 7 heteroatoms. The summed E-state index contributed by atoms with van der Waals surface area (Å²) in [6.45, 7) is 5.24. The molecule has 0 aromatic heterocycles. The molecule has 0 aromatic carbocycles. The smallest absolute Gasteiger partial charge is 0.410 e. The van der Waals surface area contributed by atoms with Crippen molar-refractivity contribution < 1.29 is 29.0 Å². The van der Waals surface area contributed by atoms with E-state index in [0.29, 0.717) is 12.8 Å². The summed E-state index contributed by atoms with van der Waals surface area (Å²) in [6.07, 6.45) is 0.592. The van der Waals surface area contributed by atoms with Crippen LogP contribution in [0.15, 0.2) is 0 Å². The number of carboxylic acids is 1. The van der Waals surface area contributed by atoms with Gasteiger partial charge in [-0.05, 0) is 33.6 Å². The molecular weight excluding hydrogens is 278 g/mol. The van der Waals surface area contributed by atoms with E-state index in [0.717, 1.165) is 0 Å². The largest absolute Gasteiger partial charge is 0.481 e. The second-order valence-electron chi connectivity index (χ2n) is 6.51. The number of rotatable bonds is 2. The number of fused-ring (bicyclic) bond motifs is 2. The van der Waals surface area contributed by atoms with Gasteiger partial charge >= 0.3 is 18.0 Å². The summed E-state index contributed by atoms with van der Waals surface area (Å²) in [4.78, 5) is 37.1. The first-order valence-electron chi connectivity index (χ1n) is 6.99. The Morgan fingerprint density at radius 3 is 2.05 bits per heavy atom. The quantitative estimate of drug-likeness (QED) is 0.772. The number of methoxy groups -OCH3 is 1. The standard InChI is InChI=1S/C14H21NO6/c1-14(2,3)21-13(19)15-7-5-6-8(15)10(12(18)20-4)9(7)11(16)17/h7-10H,5-6H2,1-4H3,(H,16,17)/t7-,8-,9-,10+/m1/s1. The number of carbonyl (C=O) groups excluding carboxylic acids is 2. The summed E-state index contributed by atoms with van der Waals surface area (Å²) in [5.74, 6) is -3.41. The maximum Gasteiger partial charge on any atom is 0.410 e. The molecule has 2 aliphatic rings. The van der Waals surface area contributed by atoms with Crippen LogP contribution in [0.3, 0.4) is 0 Å². The van der Waals surface area contributed by atoms with Gasteiger partial charge < -0.3 is 19.5 Å². The number of carbonyl (C=O) groups is 3. The number of amides is 1. The van der Waals surface area contributed by atoms with Crippen molar-refractivity contribution in [3.8, 4) is 0 Å². The fraction of sp³-hybridized carbons (Fsp3) is 0.786. The lowest BCUT2D eigenvalue weighted by Crippen LogP contribution is -2.41. The summed E-state index contributed by atoms with van der Waals surface area (Å²) in [5.41, 5.74) is -0.668. The fourth-order valence-corrected chi connectivity index (χ4v) is 3.39. The summed E-state index contributed by atoms with van der Waals surface area (Å²) in [5, 5.41) is 9.40. The van der Waals surface area contributed by atoms with Gasteiger partial charge in [-0.25, -0.2) is 4.79 Å². The van der Waals surface area contributed by atoms with Gasteiger partial charge in [-0.2, -0.15) is 0 Å². The minimum absolute atomic E-state index is 0.460. The highest BCUT2D eigenvalue weighted by Crippen LogP contribution is 2.47. The molecule has 2 rings (SSSR count). The van der Waals surface area contributed by atoms with Crippen LogP contribution in [0.2, 0.25) is 0 Å². The van der Waals surface area contributed by atoms with Gasteiger partial charge in [-0.3, -0.25) is 9.59 Å². The van der Waals surface area contributed by atoms with Crippen LogP contribution in [0.1, 0.15) is 33.6 Å². The fourth-order valence-electron chi connectivity index (χ4n) is 3.39. The van der Waals surface area contributed by atoms with Gasteiger partial charge in [-0.1, -0.05) is 0 Å². The van der Waals surface area contributed by atoms with Gasteiger partial charge in [0.25, 0.3) is 0 Å². The van der Waals surface area contributed by atoms with Crippen molar-refractivity contribution in [2.45, 2.75) is 51.3 Å². The Morgan fingerprint density at radius 2 is 1.62 bits per heavy atom. The first-order valence-corrected chi connectivity index (χ1v) is 6.99. The van der Waals surface area contributed by atoms with Crippen molar-refractivity contribution in [1.82, 2.24) is 4.90 Å². The van der Waals surface area contributed by atoms with Crippen molar-refractivity contribution in [3.63, 3.8) is 0 Å². The van der Waals surface area contributed by atoms with Gasteiger partial charge in [0.15, 0.2) is 0 Å². The molecule has 1 amide bonds. The molecule has 21 heavy (non-hydrogen) atoms. The molecule has 118 valence electrons. The van der Waals surface area contributed by atoms with E-state index in [1.54, 1.807) is 20.8 Å². The third-order valence-electron chi connectivity index (χ3n) is 4.05. The number of nitrogens with zero attached hydrogens (tertiary/aromatic N) is 1. The second kappa shape index (κ2) is 5.20. The molecule has 0 unspecified atom stereocenters. The first kappa shape index (κ1) is 15.6. The normalized spacial score (nSPS) is 31.1. The molecule has 0 aliphatic carbocycles. The highest BCUT2D eigenvalue weighted by molar-refractivity contribution is 5.86. The topological polar surface area (TPSA) is 93.1 Å². The molecule has 4 atom stereocenters. The summed E-state index contributed by atoms with van der Waals surface area (Å²) in [7, 11) is 1.23. The van der Waals surface area contributed by atoms with E-state index in [4.69, 9.17) is 9.47 Å². The predicted octanol–water partition coefficient (Wildman–Crippen LogP) is 1.26. The summed E-state index contributed by atoms with van der Waals surface area (Å²) >= 11 is 0. The molecule has 2 saturated heterocycles. The number of esters is 1. The molecule has 0 spiro atoms. The number of hydrogen-bond donors (Lipinski definition) is 1. The molecule has 2 fully saturated rings. The highest BCUT2D eigenvalue weighted by Gasteiger charge is 2.61. The van der Waals surface area contributed by atoms with Crippen LogP contribution in [0.5, 0.6) is 0 Å². The van der Waals surface area contributed by atoms with Crippen molar-refractivity contribution >= 4 is 18.0 Å². The molecule has 0 aromatic rings. The minimum atomic E-state index is -1.08. The maximum absolute atomic E-state index is 12.3. The van der Waals surface area contributed by atoms with E-state index in [9.17, 15) is 19.5 Å². The van der Waals surface area contributed by atoms with Crippen molar-refractivity contribution in [2.24, 2.45) is 11.8 Å². The van der Waals surface area contributed by atoms with Crippen LogP contribution in [0, 0.1) is 11.8 Å². The Bertz CT molecular complexity index is 469. The zero-order valence-corrected chi connectivity index (χ0v) is 12.7. The van der Waals surface area contributed by atoms with Crippen LogP contribution in [-0.4, -0.2) is 52.8 Å². The number of carboxylic acid groups (broad SMARTS) is 1. The Hall–Kier alpha value is -1.79. The summed E-state index contributed by atoms with van der Waals surface area (Å²) < 4.78 is 10.0.